The van der Waals surface area contributed by atoms with Crippen molar-refractivity contribution < 1.29 is 9.53 Å². The lowest BCUT2D eigenvalue weighted by molar-refractivity contribution is -0.116. The number of anilines is 1. The number of nitrogens with zero attached hydrogens (tertiary/aromatic N) is 1. The highest BCUT2D eigenvalue weighted by molar-refractivity contribution is 5.91. The Balaban J connectivity index is 2.43. The number of hydrogen-bond acceptors (Lipinski definition) is 4. The molecule has 0 saturated heterocycles. The molecule has 0 aliphatic carbocycles. The summed E-state index contributed by atoms with van der Waals surface area (Å²) in [4.78, 5) is 14.2. The summed E-state index contributed by atoms with van der Waals surface area (Å²) in [5.74, 6) is 0.0155. The zero-order chi connectivity index (χ0) is 14.8. The third-order valence-electron chi connectivity index (χ3n) is 3.23. The van der Waals surface area contributed by atoms with E-state index in [4.69, 9.17) is 10.5 Å². The third-order valence-corrected chi connectivity index (χ3v) is 3.23. The maximum atomic E-state index is 12.0. The Morgan fingerprint density at radius 2 is 2.10 bits per heavy atom. The number of hydrogen-bond donors (Lipinski definition) is 2. The first-order valence-corrected chi connectivity index (χ1v) is 7.00. The molecule has 1 aromatic rings. The minimum atomic E-state index is 0.0155. The van der Waals surface area contributed by atoms with Gasteiger partial charge in [-0.25, -0.2) is 0 Å². The van der Waals surface area contributed by atoms with Crippen molar-refractivity contribution in [2.75, 3.05) is 38.7 Å². The van der Waals surface area contributed by atoms with Gasteiger partial charge in [-0.2, -0.15) is 0 Å². The van der Waals surface area contributed by atoms with E-state index in [-0.39, 0.29) is 5.91 Å². The van der Waals surface area contributed by atoms with Crippen LogP contribution < -0.4 is 11.1 Å². The number of benzene rings is 1. The molecule has 0 heterocycles. The van der Waals surface area contributed by atoms with Crippen LogP contribution in [-0.4, -0.2) is 44.2 Å². The molecule has 0 aliphatic heterocycles. The zero-order valence-electron chi connectivity index (χ0n) is 12.4. The first-order valence-electron chi connectivity index (χ1n) is 7.00. The number of carbonyl (C=O) groups excluding carboxylic acids is 1. The fourth-order valence-corrected chi connectivity index (χ4v) is 1.94. The summed E-state index contributed by atoms with van der Waals surface area (Å²) in [7, 11) is 1.68. The molecule has 5 heteroatoms. The van der Waals surface area contributed by atoms with Gasteiger partial charge in [-0.05, 0) is 18.2 Å². The second kappa shape index (κ2) is 9.47. The van der Waals surface area contributed by atoms with Crippen molar-refractivity contribution in [2.45, 2.75) is 19.9 Å². The van der Waals surface area contributed by atoms with Crippen molar-refractivity contribution in [2.24, 2.45) is 5.73 Å². The standard InChI is InChI=1S/C15H25N3O2/c1-3-18(10-11-20-2)9-8-15(19)17-14-7-5-4-6-13(14)12-16/h4-7H,3,8-12,16H2,1-2H3,(H,17,19). The van der Waals surface area contributed by atoms with E-state index in [9.17, 15) is 4.79 Å². The Morgan fingerprint density at radius 3 is 2.75 bits per heavy atom. The van der Waals surface area contributed by atoms with Gasteiger partial charge in [-0.3, -0.25) is 4.79 Å². The van der Waals surface area contributed by atoms with E-state index in [2.05, 4.69) is 17.1 Å². The van der Waals surface area contributed by atoms with Crippen LogP contribution in [0.25, 0.3) is 0 Å². The third kappa shape index (κ3) is 5.69. The van der Waals surface area contributed by atoms with E-state index < -0.39 is 0 Å². The molecular weight excluding hydrogens is 254 g/mol. The molecule has 1 aromatic carbocycles. The topological polar surface area (TPSA) is 67.6 Å². The molecule has 0 radical (unpaired) electrons. The first kappa shape index (κ1) is 16.6. The van der Waals surface area contributed by atoms with Gasteiger partial charge in [-0.1, -0.05) is 25.1 Å². The van der Waals surface area contributed by atoms with Crippen molar-refractivity contribution >= 4 is 11.6 Å². The molecule has 1 rings (SSSR count). The van der Waals surface area contributed by atoms with Crippen LogP contribution in [-0.2, 0) is 16.1 Å². The lowest BCUT2D eigenvalue weighted by atomic mass is 10.1. The van der Waals surface area contributed by atoms with Crippen LogP contribution in [0.2, 0.25) is 0 Å². The van der Waals surface area contributed by atoms with Crippen LogP contribution in [0.15, 0.2) is 24.3 Å². The summed E-state index contributed by atoms with van der Waals surface area (Å²) in [5.41, 5.74) is 7.41. The summed E-state index contributed by atoms with van der Waals surface area (Å²) in [5, 5.41) is 2.92. The van der Waals surface area contributed by atoms with E-state index in [0.29, 0.717) is 19.6 Å². The number of nitrogens with two attached hydrogens (primary N) is 1. The average Bonchev–Trinajstić information content (AvgIpc) is 2.48. The van der Waals surface area contributed by atoms with Crippen LogP contribution in [0.4, 0.5) is 5.69 Å². The van der Waals surface area contributed by atoms with Crippen molar-refractivity contribution in [1.82, 2.24) is 4.90 Å². The number of amides is 1. The molecule has 20 heavy (non-hydrogen) atoms. The normalized spacial score (nSPS) is 10.8. The van der Waals surface area contributed by atoms with E-state index in [1.807, 2.05) is 24.3 Å². The fourth-order valence-electron chi connectivity index (χ4n) is 1.94. The SMILES string of the molecule is CCN(CCOC)CCC(=O)Nc1ccccc1CN. The van der Waals surface area contributed by atoms with E-state index >= 15 is 0 Å². The predicted molar refractivity (Wildman–Crippen MR) is 81.6 cm³/mol. The number of para-hydroxylation sites is 1. The molecule has 0 spiro atoms. The van der Waals surface area contributed by atoms with Crippen molar-refractivity contribution in [3.05, 3.63) is 29.8 Å². The van der Waals surface area contributed by atoms with Crippen molar-refractivity contribution in [3.63, 3.8) is 0 Å². The molecule has 1 amide bonds. The summed E-state index contributed by atoms with van der Waals surface area (Å²) in [6.45, 7) is 5.68. The molecule has 112 valence electrons. The maximum Gasteiger partial charge on any atom is 0.225 e. The quantitative estimate of drug-likeness (QED) is 0.718. The lowest BCUT2D eigenvalue weighted by Gasteiger charge is -2.19. The predicted octanol–water partition coefficient (Wildman–Crippen LogP) is 1.44. The monoisotopic (exact) mass is 279 g/mol. The molecule has 0 bridgehead atoms. The van der Waals surface area contributed by atoms with Crippen molar-refractivity contribution in [1.29, 1.82) is 0 Å². The minimum absolute atomic E-state index is 0.0155. The van der Waals surface area contributed by atoms with Gasteiger partial charge < -0.3 is 20.7 Å². The van der Waals surface area contributed by atoms with Gasteiger partial charge in [0.2, 0.25) is 5.91 Å². The maximum absolute atomic E-state index is 12.0. The highest BCUT2D eigenvalue weighted by Crippen LogP contribution is 2.14. The number of nitrogens with one attached hydrogen (secondary N) is 1. The lowest BCUT2D eigenvalue weighted by Crippen LogP contribution is -2.30. The average molecular weight is 279 g/mol. The second-order valence-corrected chi connectivity index (χ2v) is 4.59. The fraction of sp³-hybridized carbons (Fsp3) is 0.533. The smallest absolute Gasteiger partial charge is 0.225 e. The number of likely N-dealkylation sites (N-methyl/N-ethyl adjacent to an activating group) is 1. The van der Waals surface area contributed by atoms with Gasteiger partial charge in [0.1, 0.15) is 0 Å². The van der Waals surface area contributed by atoms with Crippen LogP contribution >= 0.6 is 0 Å². The molecule has 0 saturated carbocycles. The van der Waals surface area contributed by atoms with E-state index in [1.54, 1.807) is 7.11 Å². The number of rotatable bonds is 9. The summed E-state index contributed by atoms with van der Waals surface area (Å²) >= 11 is 0. The van der Waals surface area contributed by atoms with Gasteiger partial charge >= 0.3 is 0 Å². The molecule has 0 aromatic heterocycles. The van der Waals surface area contributed by atoms with Crippen LogP contribution in [0.5, 0.6) is 0 Å². The number of carbonyl (C=O) groups is 1. The Hall–Kier alpha value is -1.43. The highest BCUT2D eigenvalue weighted by Gasteiger charge is 2.08. The van der Waals surface area contributed by atoms with Gasteiger partial charge in [0.15, 0.2) is 0 Å². The Kier molecular flexibility index (Phi) is 7.87. The second-order valence-electron chi connectivity index (χ2n) is 4.59. The van der Waals surface area contributed by atoms with Crippen molar-refractivity contribution in [3.8, 4) is 0 Å². The van der Waals surface area contributed by atoms with Crippen LogP contribution in [0.1, 0.15) is 18.9 Å². The Labute approximate surface area is 121 Å². The molecule has 3 N–H and O–H groups in total. The molecule has 0 aliphatic rings. The molecular formula is C15H25N3O2. The van der Waals surface area contributed by atoms with E-state index in [0.717, 1.165) is 30.9 Å². The van der Waals surface area contributed by atoms with Crippen LogP contribution in [0, 0.1) is 0 Å². The van der Waals surface area contributed by atoms with Gasteiger partial charge in [-0.15, -0.1) is 0 Å². The largest absolute Gasteiger partial charge is 0.383 e. The minimum Gasteiger partial charge on any atom is -0.383 e. The van der Waals surface area contributed by atoms with Gasteiger partial charge in [0, 0.05) is 38.9 Å². The molecule has 0 fully saturated rings. The van der Waals surface area contributed by atoms with Gasteiger partial charge in [0.25, 0.3) is 0 Å². The summed E-state index contributed by atoms with van der Waals surface area (Å²) < 4.78 is 5.05. The number of ether oxygens (including phenoxy) is 1. The molecule has 0 unspecified atom stereocenters. The Morgan fingerprint density at radius 1 is 1.35 bits per heavy atom. The Bertz CT molecular complexity index is 410. The van der Waals surface area contributed by atoms with E-state index in [1.165, 1.54) is 0 Å². The zero-order valence-corrected chi connectivity index (χ0v) is 12.4. The van der Waals surface area contributed by atoms with Gasteiger partial charge in [0.05, 0.1) is 6.61 Å². The summed E-state index contributed by atoms with van der Waals surface area (Å²) in [6, 6.07) is 7.61. The molecule has 5 nitrogen and oxygen atoms in total. The molecule has 0 atom stereocenters. The summed E-state index contributed by atoms with van der Waals surface area (Å²) in [6.07, 6.45) is 0.469. The van der Waals surface area contributed by atoms with Crippen LogP contribution in [0.3, 0.4) is 0 Å². The highest BCUT2D eigenvalue weighted by atomic mass is 16.5. The first-order chi connectivity index (χ1) is 9.71. The number of methoxy groups -OCH3 is 1.